The summed E-state index contributed by atoms with van der Waals surface area (Å²) in [5.74, 6) is 0.844. The van der Waals surface area contributed by atoms with E-state index in [-0.39, 0.29) is 11.5 Å². The normalized spacial score (nSPS) is 13.4. The maximum Gasteiger partial charge on any atom is 0.337 e. The number of nitrogens with zero attached hydrogens (tertiary/aromatic N) is 3. The molecule has 2 heterocycles. The lowest BCUT2D eigenvalue weighted by Gasteiger charge is -2.25. The van der Waals surface area contributed by atoms with Crippen molar-refractivity contribution in [2.75, 3.05) is 32.9 Å². The average molecular weight is 439 g/mol. The number of methoxy groups -OCH3 is 3. The highest BCUT2D eigenvalue weighted by Gasteiger charge is 2.17. The van der Waals surface area contributed by atoms with Gasteiger partial charge in [-0.25, -0.2) is 9.79 Å². The molecule has 8 nitrogen and oxygen atoms in total. The second kappa shape index (κ2) is 8.65. The van der Waals surface area contributed by atoms with Gasteiger partial charge in [0.1, 0.15) is 13.3 Å². The summed E-state index contributed by atoms with van der Waals surface area (Å²) in [4.78, 5) is 31.8. The Morgan fingerprint density at radius 1 is 1.06 bits per heavy atom. The molecular weight excluding hydrogens is 418 g/mol. The van der Waals surface area contributed by atoms with E-state index in [2.05, 4.69) is 4.99 Å². The fraction of sp³-hybridized carbons (Fsp3) is 0.227. The van der Waals surface area contributed by atoms with Gasteiger partial charge in [-0.05, 0) is 48.0 Å². The van der Waals surface area contributed by atoms with Gasteiger partial charge in [0.25, 0.3) is 5.56 Å². The maximum atomic E-state index is 13.0. The van der Waals surface area contributed by atoms with Crippen LogP contribution in [-0.2, 0) is 11.4 Å². The van der Waals surface area contributed by atoms with Crippen molar-refractivity contribution >= 4 is 29.1 Å². The van der Waals surface area contributed by atoms with E-state index in [0.29, 0.717) is 39.7 Å². The molecule has 31 heavy (non-hydrogen) atoms. The number of carbonyl (C=O) groups is 1. The molecule has 0 saturated heterocycles. The molecule has 2 aromatic carbocycles. The molecule has 0 unspecified atom stereocenters. The molecule has 0 atom stereocenters. The SMILES string of the molecule is COC(=O)c1ccc(N2CN=c3sc(=Cc4ccc(OC)c(OC)c4)c(=O)n3C2)cc1. The number of hydrogen-bond donors (Lipinski definition) is 0. The molecule has 0 radical (unpaired) electrons. The number of benzene rings is 2. The van der Waals surface area contributed by atoms with Crippen molar-refractivity contribution in [2.24, 2.45) is 4.99 Å². The highest BCUT2D eigenvalue weighted by atomic mass is 32.1. The van der Waals surface area contributed by atoms with Gasteiger partial charge in [-0.3, -0.25) is 9.36 Å². The number of fused-ring (bicyclic) bond motifs is 1. The number of ether oxygens (including phenoxy) is 3. The summed E-state index contributed by atoms with van der Waals surface area (Å²) >= 11 is 1.36. The lowest BCUT2D eigenvalue weighted by molar-refractivity contribution is 0.0600. The highest BCUT2D eigenvalue weighted by molar-refractivity contribution is 7.07. The predicted octanol–water partition coefficient (Wildman–Crippen LogP) is 1.60. The Hall–Kier alpha value is -3.59. The zero-order valence-corrected chi connectivity index (χ0v) is 18.1. The topological polar surface area (TPSA) is 82.4 Å². The molecule has 4 rings (SSSR count). The fourth-order valence-corrected chi connectivity index (χ4v) is 4.26. The first-order valence-corrected chi connectivity index (χ1v) is 10.3. The van der Waals surface area contributed by atoms with Crippen LogP contribution < -0.4 is 29.3 Å². The number of hydrogen-bond acceptors (Lipinski definition) is 8. The van der Waals surface area contributed by atoms with Gasteiger partial charge in [0, 0.05) is 5.69 Å². The Morgan fingerprint density at radius 3 is 2.48 bits per heavy atom. The Kier molecular flexibility index (Phi) is 5.77. The van der Waals surface area contributed by atoms with Gasteiger partial charge >= 0.3 is 5.97 Å². The molecule has 1 aliphatic heterocycles. The van der Waals surface area contributed by atoms with E-state index in [9.17, 15) is 9.59 Å². The van der Waals surface area contributed by atoms with Crippen LogP contribution in [0.15, 0.2) is 52.3 Å². The van der Waals surface area contributed by atoms with E-state index in [1.807, 2.05) is 35.2 Å². The number of carbonyl (C=O) groups excluding carboxylic acids is 1. The van der Waals surface area contributed by atoms with Crippen LogP contribution in [0.5, 0.6) is 11.5 Å². The number of thiazole rings is 1. The van der Waals surface area contributed by atoms with Crippen molar-refractivity contribution in [3.05, 3.63) is 73.3 Å². The third-order valence-electron chi connectivity index (χ3n) is 4.94. The van der Waals surface area contributed by atoms with E-state index < -0.39 is 0 Å². The van der Waals surface area contributed by atoms with Gasteiger partial charge in [-0.2, -0.15) is 0 Å². The number of esters is 1. The minimum atomic E-state index is -0.387. The average Bonchev–Trinajstić information content (AvgIpc) is 3.13. The van der Waals surface area contributed by atoms with E-state index in [1.165, 1.54) is 18.4 Å². The summed E-state index contributed by atoms with van der Waals surface area (Å²) in [6.45, 7) is 0.804. The van der Waals surface area contributed by atoms with Gasteiger partial charge in [0.15, 0.2) is 16.3 Å². The van der Waals surface area contributed by atoms with Crippen LogP contribution in [0, 0.1) is 0 Å². The lowest BCUT2D eigenvalue weighted by Crippen LogP contribution is -2.42. The molecule has 1 aliphatic rings. The largest absolute Gasteiger partial charge is 0.493 e. The number of rotatable bonds is 5. The van der Waals surface area contributed by atoms with Crippen molar-refractivity contribution in [3.8, 4) is 11.5 Å². The third-order valence-corrected chi connectivity index (χ3v) is 5.98. The van der Waals surface area contributed by atoms with Crippen LogP contribution in [0.4, 0.5) is 5.69 Å². The molecule has 9 heteroatoms. The minimum Gasteiger partial charge on any atom is -0.493 e. The zero-order valence-electron chi connectivity index (χ0n) is 17.3. The van der Waals surface area contributed by atoms with Crippen LogP contribution in [0.3, 0.4) is 0 Å². The summed E-state index contributed by atoms with van der Waals surface area (Å²) in [5.41, 5.74) is 2.07. The van der Waals surface area contributed by atoms with Crippen molar-refractivity contribution < 1.29 is 19.0 Å². The molecule has 160 valence electrons. The summed E-state index contributed by atoms with van der Waals surface area (Å²) in [5, 5.41) is 0. The van der Waals surface area contributed by atoms with Crippen molar-refractivity contribution in [2.45, 2.75) is 6.67 Å². The monoisotopic (exact) mass is 439 g/mol. The molecular formula is C22H21N3O5S. The molecule has 0 aliphatic carbocycles. The van der Waals surface area contributed by atoms with Gasteiger partial charge in [-0.15, -0.1) is 0 Å². The lowest BCUT2D eigenvalue weighted by atomic mass is 10.2. The molecule has 3 aromatic rings. The third kappa shape index (κ3) is 4.04. The summed E-state index contributed by atoms with van der Waals surface area (Å²) in [6.07, 6.45) is 1.82. The van der Waals surface area contributed by atoms with Crippen LogP contribution in [0.2, 0.25) is 0 Å². The van der Waals surface area contributed by atoms with Crippen molar-refractivity contribution in [1.82, 2.24) is 4.57 Å². The van der Waals surface area contributed by atoms with Crippen LogP contribution >= 0.6 is 11.3 Å². The smallest absolute Gasteiger partial charge is 0.337 e. The predicted molar refractivity (Wildman–Crippen MR) is 118 cm³/mol. The van der Waals surface area contributed by atoms with Crippen molar-refractivity contribution in [1.29, 1.82) is 0 Å². The second-order valence-corrected chi connectivity index (χ2v) is 7.77. The van der Waals surface area contributed by atoms with Gasteiger partial charge in [0.2, 0.25) is 0 Å². The van der Waals surface area contributed by atoms with Crippen LogP contribution in [0.25, 0.3) is 6.08 Å². The molecule has 0 N–H and O–H groups in total. The zero-order chi connectivity index (χ0) is 22.0. The molecule has 1 aromatic heterocycles. The van der Waals surface area contributed by atoms with E-state index >= 15 is 0 Å². The molecule has 0 spiro atoms. The van der Waals surface area contributed by atoms with Crippen LogP contribution in [-0.4, -0.2) is 38.5 Å². The van der Waals surface area contributed by atoms with Gasteiger partial charge < -0.3 is 19.1 Å². The standard InChI is InChI=1S/C22H21N3O5S/c1-28-17-9-4-14(10-18(17)29-2)11-19-20(26)25-13-24(12-23-22(25)31-19)16-7-5-15(6-8-16)21(27)30-3/h4-11H,12-13H2,1-3H3. The second-order valence-electron chi connectivity index (χ2n) is 6.76. The molecule has 0 fully saturated rings. The maximum absolute atomic E-state index is 13.0. The summed E-state index contributed by atoms with van der Waals surface area (Å²) < 4.78 is 17.6. The quantitative estimate of drug-likeness (QED) is 0.562. The van der Waals surface area contributed by atoms with E-state index in [0.717, 1.165) is 11.3 Å². The summed E-state index contributed by atoms with van der Waals surface area (Å²) in [6, 6.07) is 12.5. The molecule has 0 saturated carbocycles. The highest BCUT2D eigenvalue weighted by Crippen LogP contribution is 2.27. The minimum absolute atomic E-state index is 0.102. The fourth-order valence-electron chi connectivity index (χ4n) is 3.30. The first-order valence-electron chi connectivity index (χ1n) is 9.45. The molecule has 0 amide bonds. The van der Waals surface area contributed by atoms with Gasteiger partial charge in [-0.1, -0.05) is 17.4 Å². The number of anilines is 1. The first kappa shape index (κ1) is 20.7. The van der Waals surface area contributed by atoms with Gasteiger partial charge in [0.05, 0.1) is 31.4 Å². The Balaban J connectivity index is 1.63. The summed E-state index contributed by atoms with van der Waals surface area (Å²) in [7, 11) is 4.50. The van der Waals surface area contributed by atoms with Crippen molar-refractivity contribution in [3.63, 3.8) is 0 Å². The Labute approximate surface area is 182 Å². The molecule has 0 bridgehead atoms. The first-order chi connectivity index (χ1) is 15.0. The van der Waals surface area contributed by atoms with E-state index in [1.54, 1.807) is 37.0 Å². The Bertz CT molecular complexity index is 1290. The van der Waals surface area contributed by atoms with E-state index in [4.69, 9.17) is 14.2 Å². The number of aromatic nitrogens is 1. The Morgan fingerprint density at radius 2 is 1.81 bits per heavy atom. The van der Waals surface area contributed by atoms with Crippen LogP contribution in [0.1, 0.15) is 15.9 Å².